The van der Waals surface area contributed by atoms with Gasteiger partial charge in [0, 0.05) is 36.9 Å². The third-order valence-corrected chi connectivity index (χ3v) is 5.39. The van der Waals surface area contributed by atoms with Crippen molar-refractivity contribution in [1.82, 2.24) is 20.1 Å². The fourth-order valence-electron chi connectivity index (χ4n) is 3.62. The van der Waals surface area contributed by atoms with E-state index in [1.807, 2.05) is 78.9 Å². The Hall–Kier alpha value is -4.46. The number of rotatable bonds is 11. The predicted molar refractivity (Wildman–Crippen MR) is 133 cm³/mol. The van der Waals surface area contributed by atoms with Crippen LogP contribution in [0.15, 0.2) is 91.3 Å². The molecule has 0 spiro atoms. The van der Waals surface area contributed by atoms with E-state index in [9.17, 15) is 9.59 Å². The molecule has 0 aliphatic carbocycles. The minimum Gasteiger partial charge on any atom is -0.478 e. The summed E-state index contributed by atoms with van der Waals surface area (Å²) in [5.41, 5.74) is 8.90. The number of carbonyl (C=O) groups excluding carboxylic acids is 2. The van der Waals surface area contributed by atoms with E-state index in [1.165, 1.54) is 0 Å². The van der Waals surface area contributed by atoms with Crippen LogP contribution >= 0.6 is 0 Å². The highest BCUT2D eigenvalue weighted by Gasteiger charge is 2.18. The Balaban J connectivity index is 1.35. The summed E-state index contributed by atoms with van der Waals surface area (Å²) in [5, 5.41) is 7.42. The van der Waals surface area contributed by atoms with Gasteiger partial charge >= 0.3 is 0 Å². The van der Waals surface area contributed by atoms with Gasteiger partial charge < -0.3 is 15.8 Å². The average molecular weight is 470 g/mol. The maximum absolute atomic E-state index is 12.4. The molecule has 178 valence electrons. The summed E-state index contributed by atoms with van der Waals surface area (Å²) in [7, 11) is 0. The number of nitrogens with zero attached hydrogens (tertiary/aromatic N) is 3. The van der Waals surface area contributed by atoms with E-state index in [0.29, 0.717) is 25.3 Å². The molecule has 2 aromatic carbocycles. The standard InChI is InChI=1S/C27H27N5O3/c28-27(34)24(17-20-9-3-1-4-10-20)30-25(33)14-8-16-35-26-18-23(21-11-7-15-29-19-21)31-32(26)22-12-5-2-6-13-22/h1-7,9-13,15,18-19,24H,8,14,16-17H2,(H2,28,34)(H,30,33)/t24-/m0/s1. The molecule has 0 fully saturated rings. The van der Waals surface area contributed by atoms with Crippen LogP contribution in [0.1, 0.15) is 18.4 Å². The summed E-state index contributed by atoms with van der Waals surface area (Å²) in [6.07, 6.45) is 4.48. The van der Waals surface area contributed by atoms with Crippen molar-refractivity contribution in [2.24, 2.45) is 5.73 Å². The van der Waals surface area contributed by atoms with Crippen molar-refractivity contribution in [1.29, 1.82) is 0 Å². The van der Waals surface area contributed by atoms with Gasteiger partial charge in [-0.15, -0.1) is 0 Å². The summed E-state index contributed by atoms with van der Waals surface area (Å²) in [6, 6.07) is 24.0. The summed E-state index contributed by atoms with van der Waals surface area (Å²) in [6.45, 7) is 0.304. The van der Waals surface area contributed by atoms with Crippen molar-refractivity contribution in [2.45, 2.75) is 25.3 Å². The molecule has 0 bridgehead atoms. The number of hydrogen-bond acceptors (Lipinski definition) is 5. The average Bonchev–Trinajstić information content (AvgIpc) is 3.32. The third-order valence-electron chi connectivity index (χ3n) is 5.39. The number of nitrogens with two attached hydrogens (primary N) is 1. The number of ether oxygens (including phenoxy) is 1. The van der Waals surface area contributed by atoms with E-state index in [-0.39, 0.29) is 12.3 Å². The molecule has 3 N–H and O–H groups in total. The molecule has 4 aromatic rings. The molecule has 2 heterocycles. The number of primary amides is 1. The predicted octanol–water partition coefficient (Wildman–Crippen LogP) is 3.31. The first-order chi connectivity index (χ1) is 17.1. The minimum absolute atomic E-state index is 0.202. The molecule has 4 rings (SSSR count). The highest BCUT2D eigenvalue weighted by molar-refractivity contribution is 5.86. The Kier molecular flexibility index (Phi) is 7.85. The van der Waals surface area contributed by atoms with Crippen molar-refractivity contribution < 1.29 is 14.3 Å². The zero-order chi connectivity index (χ0) is 24.5. The molecule has 2 aromatic heterocycles. The van der Waals surface area contributed by atoms with Gasteiger partial charge in [0.1, 0.15) is 6.04 Å². The van der Waals surface area contributed by atoms with Crippen molar-refractivity contribution in [2.75, 3.05) is 6.61 Å². The van der Waals surface area contributed by atoms with E-state index in [1.54, 1.807) is 17.1 Å². The second-order valence-corrected chi connectivity index (χ2v) is 8.02. The largest absolute Gasteiger partial charge is 0.478 e. The van der Waals surface area contributed by atoms with Crippen molar-refractivity contribution in [3.8, 4) is 22.8 Å². The third kappa shape index (κ3) is 6.54. The number of carbonyl (C=O) groups is 2. The fraction of sp³-hybridized carbons (Fsp3) is 0.185. The zero-order valence-corrected chi connectivity index (χ0v) is 19.2. The van der Waals surface area contributed by atoms with Crippen LogP contribution in [0.3, 0.4) is 0 Å². The number of pyridine rings is 1. The molecule has 8 nitrogen and oxygen atoms in total. The normalized spacial score (nSPS) is 11.5. The van der Waals surface area contributed by atoms with Crippen LogP contribution in [0, 0.1) is 0 Å². The van der Waals surface area contributed by atoms with Gasteiger partial charge in [0.05, 0.1) is 18.0 Å². The van der Waals surface area contributed by atoms with Gasteiger partial charge in [0.15, 0.2) is 0 Å². The van der Waals surface area contributed by atoms with Gasteiger partial charge in [-0.1, -0.05) is 48.5 Å². The Morgan fingerprint density at radius 3 is 2.43 bits per heavy atom. The lowest BCUT2D eigenvalue weighted by molar-refractivity contribution is -0.127. The number of amides is 2. The molecule has 0 saturated carbocycles. The molecule has 0 saturated heterocycles. The van der Waals surface area contributed by atoms with Crippen LogP contribution in [0.5, 0.6) is 5.88 Å². The Morgan fingerprint density at radius 2 is 1.74 bits per heavy atom. The summed E-state index contributed by atoms with van der Waals surface area (Å²) in [4.78, 5) is 28.4. The first-order valence-corrected chi connectivity index (χ1v) is 11.4. The molecular formula is C27H27N5O3. The molecule has 0 unspecified atom stereocenters. The number of aromatic nitrogens is 3. The van der Waals surface area contributed by atoms with Gasteiger partial charge in [-0.2, -0.15) is 5.10 Å². The highest BCUT2D eigenvalue weighted by atomic mass is 16.5. The first kappa shape index (κ1) is 23.7. The molecule has 1 atom stereocenters. The van der Waals surface area contributed by atoms with Gasteiger partial charge in [0.2, 0.25) is 17.7 Å². The molecule has 2 amide bonds. The number of benzene rings is 2. The minimum atomic E-state index is -0.757. The monoisotopic (exact) mass is 469 g/mol. The second kappa shape index (κ2) is 11.6. The van der Waals surface area contributed by atoms with E-state index < -0.39 is 11.9 Å². The van der Waals surface area contributed by atoms with E-state index in [2.05, 4.69) is 15.4 Å². The summed E-state index contributed by atoms with van der Waals surface area (Å²) >= 11 is 0. The fourth-order valence-corrected chi connectivity index (χ4v) is 3.62. The van der Waals surface area contributed by atoms with Crippen molar-refractivity contribution >= 4 is 11.8 Å². The van der Waals surface area contributed by atoms with Gasteiger partial charge in [-0.25, -0.2) is 4.68 Å². The molecule has 0 aliphatic heterocycles. The van der Waals surface area contributed by atoms with E-state index in [4.69, 9.17) is 10.5 Å². The van der Waals surface area contributed by atoms with Crippen molar-refractivity contribution in [3.05, 3.63) is 96.8 Å². The molecular weight excluding hydrogens is 442 g/mol. The quantitative estimate of drug-likeness (QED) is 0.327. The molecule has 0 radical (unpaired) electrons. The Bertz CT molecular complexity index is 1240. The molecule has 0 aliphatic rings. The number of hydrogen-bond donors (Lipinski definition) is 2. The van der Waals surface area contributed by atoms with Crippen LogP contribution in [-0.2, 0) is 16.0 Å². The molecule has 8 heteroatoms. The van der Waals surface area contributed by atoms with Gasteiger partial charge in [-0.3, -0.25) is 14.6 Å². The van der Waals surface area contributed by atoms with Gasteiger partial charge in [-0.05, 0) is 36.2 Å². The smallest absolute Gasteiger partial charge is 0.240 e. The first-order valence-electron chi connectivity index (χ1n) is 11.4. The Labute approximate surface area is 203 Å². The second-order valence-electron chi connectivity index (χ2n) is 8.02. The molecule has 35 heavy (non-hydrogen) atoms. The lowest BCUT2D eigenvalue weighted by Crippen LogP contribution is -2.45. The number of nitrogens with one attached hydrogen (secondary N) is 1. The van der Waals surface area contributed by atoms with Crippen LogP contribution in [0.2, 0.25) is 0 Å². The van der Waals surface area contributed by atoms with Crippen LogP contribution < -0.4 is 15.8 Å². The van der Waals surface area contributed by atoms with Crippen molar-refractivity contribution in [3.63, 3.8) is 0 Å². The lowest BCUT2D eigenvalue weighted by Gasteiger charge is -2.15. The lowest BCUT2D eigenvalue weighted by atomic mass is 10.1. The highest BCUT2D eigenvalue weighted by Crippen LogP contribution is 2.26. The summed E-state index contributed by atoms with van der Waals surface area (Å²) < 4.78 is 7.73. The van der Waals surface area contributed by atoms with Crippen LogP contribution in [0.4, 0.5) is 0 Å². The maximum Gasteiger partial charge on any atom is 0.240 e. The number of para-hydroxylation sites is 1. The summed E-state index contributed by atoms with van der Waals surface area (Å²) in [5.74, 6) is -0.247. The van der Waals surface area contributed by atoms with E-state index in [0.717, 1.165) is 22.5 Å². The Morgan fingerprint density at radius 1 is 1.00 bits per heavy atom. The van der Waals surface area contributed by atoms with Crippen LogP contribution in [0.25, 0.3) is 16.9 Å². The van der Waals surface area contributed by atoms with Crippen LogP contribution in [-0.4, -0.2) is 39.2 Å². The van der Waals surface area contributed by atoms with E-state index >= 15 is 0 Å². The topological polar surface area (TPSA) is 112 Å². The zero-order valence-electron chi connectivity index (χ0n) is 19.2. The SMILES string of the molecule is NC(=O)[C@H](Cc1ccccc1)NC(=O)CCCOc1cc(-c2cccnc2)nn1-c1ccccc1. The maximum atomic E-state index is 12.4. The van der Waals surface area contributed by atoms with Gasteiger partial charge in [0.25, 0.3) is 0 Å².